The molecule has 0 aliphatic carbocycles. The molecule has 0 saturated carbocycles. The summed E-state index contributed by atoms with van der Waals surface area (Å²) >= 11 is 1.76. The van der Waals surface area contributed by atoms with Crippen molar-refractivity contribution in [2.24, 2.45) is 10.9 Å². The molecule has 1 aromatic carbocycles. The van der Waals surface area contributed by atoms with Crippen LogP contribution in [0.25, 0.3) is 0 Å². The van der Waals surface area contributed by atoms with Crippen LogP contribution in [0.4, 0.5) is 5.69 Å². The van der Waals surface area contributed by atoms with Crippen LogP contribution in [0.15, 0.2) is 29.3 Å². The average molecular weight is 250 g/mol. The summed E-state index contributed by atoms with van der Waals surface area (Å²) in [5.74, 6) is 2.56. The monoisotopic (exact) mass is 250 g/mol. The molecular weight excluding hydrogens is 232 g/mol. The second-order valence-corrected chi connectivity index (χ2v) is 5.47. The van der Waals surface area contributed by atoms with Crippen LogP contribution in [0.2, 0.25) is 0 Å². The Labute approximate surface area is 107 Å². The van der Waals surface area contributed by atoms with Crippen LogP contribution >= 0.6 is 11.8 Å². The quantitative estimate of drug-likeness (QED) is 0.890. The van der Waals surface area contributed by atoms with Crippen LogP contribution in [0.5, 0.6) is 5.75 Å². The number of hydrogen-bond donors (Lipinski definition) is 1. The van der Waals surface area contributed by atoms with Gasteiger partial charge < -0.3 is 10.1 Å². The number of anilines is 1. The van der Waals surface area contributed by atoms with E-state index in [0.717, 1.165) is 35.5 Å². The number of hydrogen-bond acceptors (Lipinski definition) is 4. The van der Waals surface area contributed by atoms with Crippen LogP contribution in [-0.4, -0.2) is 24.1 Å². The highest BCUT2D eigenvalue weighted by molar-refractivity contribution is 8.14. The maximum atomic E-state index is 5.63. The number of ether oxygens (including phenoxy) is 1. The van der Waals surface area contributed by atoms with Gasteiger partial charge in [0.1, 0.15) is 5.75 Å². The first-order chi connectivity index (χ1) is 8.24. The van der Waals surface area contributed by atoms with Gasteiger partial charge in [0.2, 0.25) is 0 Å². The molecule has 0 saturated heterocycles. The van der Waals surface area contributed by atoms with E-state index in [0.29, 0.717) is 5.92 Å². The normalized spacial score (nSPS) is 14.9. The van der Waals surface area contributed by atoms with Crippen molar-refractivity contribution >= 4 is 22.6 Å². The third kappa shape index (κ3) is 3.97. The molecule has 1 aliphatic rings. The number of benzene rings is 1. The Morgan fingerprint density at radius 3 is 2.71 bits per heavy atom. The molecule has 2 rings (SSSR count). The highest BCUT2D eigenvalue weighted by Gasteiger charge is 2.06. The first kappa shape index (κ1) is 12.3. The first-order valence-corrected chi connectivity index (χ1v) is 6.90. The minimum Gasteiger partial charge on any atom is -0.493 e. The summed E-state index contributed by atoms with van der Waals surface area (Å²) in [6.45, 7) is 5.97. The standard InChI is InChI=1S/C13H18N2OS/c1-10(2)9-16-12-5-3-11(4-6-12)15-13-14-7-8-17-13/h3-6,10H,7-9H2,1-2H3,(H,14,15). The minimum absolute atomic E-state index is 0.553. The fraction of sp³-hybridized carbons (Fsp3) is 0.462. The van der Waals surface area contributed by atoms with Crippen molar-refractivity contribution in [1.82, 2.24) is 0 Å². The van der Waals surface area contributed by atoms with Crippen molar-refractivity contribution < 1.29 is 4.74 Å². The lowest BCUT2D eigenvalue weighted by molar-refractivity contribution is 0.271. The zero-order valence-electron chi connectivity index (χ0n) is 10.3. The lowest BCUT2D eigenvalue weighted by atomic mass is 10.2. The molecule has 92 valence electrons. The van der Waals surface area contributed by atoms with Crippen LogP contribution in [0.3, 0.4) is 0 Å². The summed E-state index contributed by atoms with van der Waals surface area (Å²) in [7, 11) is 0. The van der Waals surface area contributed by atoms with E-state index >= 15 is 0 Å². The Bertz CT molecular complexity index is 387. The van der Waals surface area contributed by atoms with Crippen LogP contribution in [0.1, 0.15) is 13.8 Å². The summed E-state index contributed by atoms with van der Waals surface area (Å²) < 4.78 is 5.63. The number of rotatable bonds is 4. The maximum Gasteiger partial charge on any atom is 0.161 e. The van der Waals surface area contributed by atoms with Crippen molar-refractivity contribution in [3.63, 3.8) is 0 Å². The fourth-order valence-corrected chi connectivity index (χ4v) is 2.18. The van der Waals surface area contributed by atoms with E-state index in [1.807, 2.05) is 24.3 Å². The van der Waals surface area contributed by atoms with Gasteiger partial charge in [0.15, 0.2) is 5.17 Å². The average Bonchev–Trinajstić information content (AvgIpc) is 2.81. The van der Waals surface area contributed by atoms with Crippen molar-refractivity contribution in [1.29, 1.82) is 0 Å². The van der Waals surface area contributed by atoms with Gasteiger partial charge in [0, 0.05) is 11.4 Å². The number of amidine groups is 1. The van der Waals surface area contributed by atoms with E-state index in [9.17, 15) is 0 Å². The molecule has 4 heteroatoms. The predicted molar refractivity (Wildman–Crippen MR) is 75.2 cm³/mol. The van der Waals surface area contributed by atoms with Gasteiger partial charge >= 0.3 is 0 Å². The molecule has 0 amide bonds. The van der Waals surface area contributed by atoms with Crippen molar-refractivity contribution in [3.8, 4) is 5.75 Å². The molecule has 0 radical (unpaired) electrons. The summed E-state index contributed by atoms with van der Waals surface area (Å²) in [4.78, 5) is 4.35. The molecule has 0 fully saturated rings. The third-order valence-electron chi connectivity index (χ3n) is 2.27. The van der Waals surface area contributed by atoms with Gasteiger partial charge in [0.25, 0.3) is 0 Å². The van der Waals surface area contributed by atoms with E-state index in [1.54, 1.807) is 11.8 Å². The first-order valence-electron chi connectivity index (χ1n) is 5.91. The molecule has 1 aromatic rings. The van der Waals surface area contributed by atoms with Crippen LogP contribution in [0, 0.1) is 5.92 Å². The Morgan fingerprint density at radius 2 is 2.12 bits per heavy atom. The highest BCUT2D eigenvalue weighted by Crippen LogP contribution is 2.19. The summed E-state index contributed by atoms with van der Waals surface area (Å²) in [5.41, 5.74) is 1.06. The summed E-state index contributed by atoms with van der Waals surface area (Å²) in [6, 6.07) is 8.03. The molecule has 0 aromatic heterocycles. The van der Waals surface area contributed by atoms with E-state index in [4.69, 9.17) is 4.74 Å². The molecule has 1 heterocycles. The summed E-state index contributed by atoms with van der Waals surface area (Å²) in [6.07, 6.45) is 0. The lowest BCUT2D eigenvalue weighted by Gasteiger charge is -2.10. The number of nitrogens with one attached hydrogen (secondary N) is 1. The predicted octanol–water partition coefficient (Wildman–Crippen LogP) is 3.24. The van der Waals surface area contributed by atoms with Crippen molar-refractivity contribution in [3.05, 3.63) is 24.3 Å². The zero-order chi connectivity index (χ0) is 12.1. The zero-order valence-corrected chi connectivity index (χ0v) is 11.1. The molecule has 1 N–H and O–H groups in total. The number of aliphatic imine (C=N–C) groups is 1. The largest absolute Gasteiger partial charge is 0.493 e. The molecule has 17 heavy (non-hydrogen) atoms. The smallest absolute Gasteiger partial charge is 0.161 e. The van der Waals surface area contributed by atoms with Crippen LogP contribution in [-0.2, 0) is 0 Å². The van der Waals surface area contributed by atoms with E-state index < -0.39 is 0 Å². The van der Waals surface area contributed by atoms with Crippen molar-refractivity contribution in [2.75, 3.05) is 24.2 Å². The molecule has 0 bridgehead atoms. The highest BCUT2D eigenvalue weighted by atomic mass is 32.2. The Hall–Kier alpha value is -1.16. The summed E-state index contributed by atoms with van der Waals surface area (Å²) in [5, 5.41) is 4.31. The minimum atomic E-state index is 0.553. The van der Waals surface area contributed by atoms with Gasteiger partial charge in [-0.25, -0.2) is 0 Å². The Morgan fingerprint density at radius 1 is 1.35 bits per heavy atom. The van der Waals surface area contributed by atoms with E-state index in [-0.39, 0.29) is 0 Å². The molecule has 1 aliphatic heterocycles. The van der Waals surface area contributed by atoms with Crippen LogP contribution < -0.4 is 10.1 Å². The van der Waals surface area contributed by atoms with E-state index in [1.165, 1.54) is 0 Å². The second-order valence-electron chi connectivity index (χ2n) is 4.39. The molecule has 0 unspecified atom stereocenters. The molecule has 0 atom stereocenters. The lowest BCUT2D eigenvalue weighted by Crippen LogP contribution is -2.06. The second kappa shape index (κ2) is 5.96. The van der Waals surface area contributed by atoms with Gasteiger partial charge in [-0.15, -0.1) is 0 Å². The van der Waals surface area contributed by atoms with Gasteiger partial charge in [-0.05, 0) is 30.2 Å². The fourth-order valence-electron chi connectivity index (χ4n) is 1.43. The number of thioether (sulfide) groups is 1. The maximum absolute atomic E-state index is 5.63. The molecule has 0 spiro atoms. The van der Waals surface area contributed by atoms with Gasteiger partial charge in [-0.2, -0.15) is 0 Å². The van der Waals surface area contributed by atoms with E-state index in [2.05, 4.69) is 24.2 Å². The van der Waals surface area contributed by atoms with Gasteiger partial charge in [-0.1, -0.05) is 25.6 Å². The Kier molecular flexibility index (Phi) is 4.31. The Balaban J connectivity index is 1.88. The molecule has 3 nitrogen and oxygen atoms in total. The third-order valence-corrected chi connectivity index (χ3v) is 3.17. The SMILES string of the molecule is CC(C)COc1ccc(NC2=NCCS2)cc1. The molecular formula is C13H18N2OS. The van der Waals surface area contributed by atoms with Crippen molar-refractivity contribution in [2.45, 2.75) is 13.8 Å². The topological polar surface area (TPSA) is 33.6 Å². The number of nitrogens with zero attached hydrogens (tertiary/aromatic N) is 1. The van der Waals surface area contributed by atoms with Gasteiger partial charge in [-0.3, -0.25) is 4.99 Å². The van der Waals surface area contributed by atoms with Gasteiger partial charge in [0.05, 0.1) is 13.2 Å².